The zero-order chi connectivity index (χ0) is 18.0. The molecule has 25 heavy (non-hydrogen) atoms. The number of aromatic nitrogens is 1. The summed E-state index contributed by atoms with van der Waals surface area (Å²) in [6, 6.07) is 12.4. The first-order chi connectivity index (χ1) is 11.9. The summed E-state index contributed by atoms with van der Waals surface area (Å²) < 4.78 is 7.45. The van der Waals surface area contributed by atoms with Gasteiger partial charge in [-0.1, -0.05) is 12.1 Å². The van der Waals surface area contributed by atoms with E-state index in [2.05, 4.69) is 48.0 Å². The van der Waals surface area contributed by atoms with Gasteiger partial charge in [0.1, 0.15) is 17.5 Å². The van der Waals surface area contributed by atoms with Gasteiger partial charge in [0, 0.05) is 45.0 Å². The predicted octanol–water partition coefficient (Wildman–Crippen LogP) is 3.01. The number of aryl methyl sites for hydroxylation is 1. The Labute approximate surface area is 150 Å². The number of hydrogen-bond acceptors (Lipinski definition) is 4. The lowest BCUT2D eigenvalue weighted by Gasteiger charge is -2.48. The molecular weight excluding hydrogens is 312 g/mol. The summed E-state index contributed by atoms with van der Waals surface area (Å²) in [6.07, 6.45) is 2.05. The summed E-state index contributed by atoms with van der Waals surface area (Å²) in [4.78, 5) is 4.90. The minimum atomic E-state index is -0.000276. The molecule has 132 valence electrons. The van der Waals surface area contributed by atoms with Gasteiger partial charge >= 0.3 is 0 Å². The Morgan fingerprint density at radius 2 is 2.00 bits per heavy atom. The second kappa shape index (κ2) is 6.81. The van der Waals surface area contributed by atoms with E-state index in [0.717, 1.165) is 37.6 Å². The molecule has 2 heterocycles. The van der Waals surface area contributed by atoms with Crippen molar-refractivity contribution in [3.8, 4) is 11.8 Å². The van der Waals surface area contributed by atoms with Crippen molar-refractivity contribution in [1.82, 2.24) is 9.47 Å². The summed E-state index contributed by atoms with van der Waals surface area (Å²) in [7, 11) is 3.65. The van der Waals surface area contributed by atoms with Crippen LogP contribution in [-0.2, 0) is 13.6 Å². The van der Waals surface area contributed by atoms with E-state index < -0.39 is 0 Å². The van der Waals surface area contributed by atoms with Crippen LogP contribution in [0.4, 0.5) is 5.69 Å². The van der Waals surface area contributed by atoms with Gasteiger partial charge in [-0.2, -0.15) is 5.26 Å². The highest BCUT2D eigenvalue weighted by atomic mass is 16.5. The third-order valence-electron chi connectivity index (χ3n) is 4.94. The highest BCUT2D eigenvalue weighted by molar-refractivity contribution is 5.60. The Bertz CT molecular complexity index is 787. The van der Waals surface area contributed by atoms with E-state index in [4.69, 9.17) is 10.00 Å². The van der Waals surface area contributed by atoms with E-state index in [1.165, 1.54) is 5.56 Å². The van der Waals surface area contributed by atoms with Gasteiger partial charge in [0.05, 0.1) is 12.8 Å². The summed E-state index contributed by atoms with van der Waals surface area (Å²) in [5.41, 5.74) is 3.06. The smallest absolute Gasteiger partial charge is 0.142 e. The Balaban J connectivity index is 1.75. The zero-order valence-electron chi connectivity index (χ0n) is 15.5. The lowest BCUT2D eigenvalue weighted by molar-refractivity contribution is 0.175. The number of hydrogen-bond donors (Lipinski definition) is 0. The van der Waals surface area contributed by atoms with Crippen molar-refractivity contribution >= 4 is 5.69 Å². The molecule has 0 bridgehead atoms. The fourth-order valence-electron chi connectivity index (χ4n) is 3.78. The molecule has 5 heteroatoms. The van der Waals surface area contributed by atoms with Gasteiger partial charge < -0.3 is 14.2 Å². The second-order valence-corrected chi connectivity index (χ2v) is 7.30. The number of piperazine rings is 1. The topological polar surface area (TPSA) is 44.4 Å². The molecule has 0 radical (unpaired) electrons. The van der Waals surface area contributed by atoms with E-state index in [1.807, 2.05) is 29.8 Å². The van der Waals surface area contributed by atoms with Crippen molar-refractivity contribution in [3.63, 3.8) is 0 Å². The first-order valence-corrected chi connectivity index (χ1v) is 8.63. The van der Waals surface area contributed by atoms with Gasteiger partial charge in [-0.3, -0.25) is 4.90 Å². The third kappa shape index (κ3) is 3.49. The van der Waals surface area contributed by atoms with Crippen LogP contribution in [0.15, 0.2) is 36.5 Å². The number of nitrogens with zero attached hydrogens (tertiary/aromatic N) is 4. The molecule has 0 N–H and O–H groups in total. The van der Waals surface area contributed by atoms with Crippen LogP contribution in [0.5, 0.6) is 5.75 Å². The predicted molar refractivity (Wildman–Crippen MR) is 99.8 cm³/mol. The standard InChI is InChI=1S/C20H26N4O/c1-20(2)15-23(14-16-11-17(12-21)22(3)13-16)9-10-24(20)18-7-5-6-8-19(18)25-4/h5-8,11,13H,9-10,14-15H2,1-4H3. The normalized spacial score (nSPS) is 17.3. The summed E-state index contributed by atoms with van der Waals surface area (Å²) >= 11 is 0. The molecular formula is C20H26N4O. The molecule has 1 fully saturated rings. The van der Waals surface area contributed by atoms with Gasteiger partial charge in [-0.25, -0.2) is 0 Å². The number of anilines is 1. The molecule has 0 atom stereocenters. The quantitative estimate of drug-likeness (QED) is 0.860. The summed E-state index contributed by atoms with van der Waals surface area (Å²) in [5, 5.41) is 9.13. The monoisotopic (exact) mass is 338 g/mol. The van der Waals surface area contributed by atoms with Gasteiger partial charge in [-0.05, 0) is 37.6 Å². The Kier molecular flexibility index (Phi) is 4.73. The SMILES string of the molecule is COc1ccccc1N1CCN(Cc2cc(C#N)n(C)c2)CC1(C)C. The van der Waals surface area contributed by atoms with E-state index >= 15 is 0 Å². The fourth-order valence-corrected chi connectivity index (χ4v) is 3.78. The number of nitriles is 1. The molecule has 3 rings (SSSR count). The van der Waals surface area contributed by atoms with E-state index in [-0.39, 0.29) is 5.54 Å². The highest BCUT2D eigenvalue weighted by Crippen LogP contribution is 2.35. The molecule has 1 aromatic carbocycles. The first-order valence-electron chi connectivity index (χ1n) is 8.63. The van der Waals surface area contributed by atoms with Gasteiger partial charge in [-0.15, -0.1) is 0 Å². The maximum Gasteiger partial charge on any atom is 0.142 e. The molecule has 0 unspecified atom stereocenters. The van der Waals surface area contributed by atoms with Crippen LogP contribution in [0, 0.1) is 11.3 Å². The van der Waals surface area contributed by atoms with Gasteiger partial charge in [0.2, 0.25) is 0 Å². The summed E-state index contributed by atoms with van der Waals surface area (Å²) in [6.45, 7) is 8.32. The third-order valence-corrected chi connectivity index (χ3v) is 4.94. The fraction of sp³-hybridized carbons (Fsp3) is 0.450. The minimum Gasteiger partial charge on any atom is -0.495 e. The summed E-state index contributed by atoms with van der Waals surface area (Å²) in [5.74, 6) is 0.922. The van der Waals surface area contributed by atoms with Gasteiger partial charge in [0.25, 0.3) is 0 Å². The molecule has 0 aliphatic carbocycles. The molecule has 0 spiro atoms. The molecule has 1 saturated heterocycles. The van der Waals surface area contributed by atoms with Crippen LogP contribution in [0.3, 0.4) is 0 Å². The lowest BCUT2D eigenvalue weighted by atomic mass is 9.97. The number of ether oxygens (including phenoxy) is 1. The van der Waals surface area contributed by atoms with Gasteiger partial charge in [0.15, 0.2) is 0 Å². The molecule has 1 aliphatic heterocycles. The lowest BCUT2D eigenvalue weighted by Crippen LogP contribution is -2.59. The average molecular weight is 338 g/mol. The van der Waals surface area contributed by atoms with Crippen LogP contribution in [-0.4, -0.2) is 41.8 Å². The maximum atomic E-state index is 9.13. The largest absolute Gasteiger partial charge is 0.495 e. The van der Waals surface area contributed by atoms with E-state index in [0.29, 0.717) is 5.69 Å². The van der Waals surface area contributed by atoms with E-state index in [1.54, 1.807) is 7.11 Å². The second-order valence-electron chi connectivity index (χ2n) is 7.30. The number of rotatable bonds is 4. The van der Waals surface area contributed by atoms with Crippen molar-refractivity contribution in [2.75, 3.05) is 31.6 Å². The molecule has 0 saturated carbocycles. The Hall–Kier alpha value is -2.45. The average Bonchev–Trinajstić information content (AvgIpc) is 2.93. The van der Waals surface area contributed by atoms with Crippen LogP contribution in [0.2, 0.25) is 0 Å². The Morgan fingerprint density at radius 3 is 2.64 bits per heavy atom. The molecule has 1 aromatic heterocycles. The molecule has 2 aromatic rings. The molecule has 1 aliphatic rings. The minimum absolute atomic E-state index is 0.000276. The molecule has 5 nitrogen and oxygen atoms in total. The van der Waals surface area contributed by atoms with E-state index in [9.17, 15) is 0 Å². The van der Waals surface area contributed by atoms with Crippen molar-refractivity contribution in [2.45, 2.75) is 25.9 Å². The van der Waals surface area contributed by atoms with Crippen LogP contribution in [0.1, 0.15) is 25.1 Å². The number of para-hydroxylation sites is 2. The van der Waals surface area contributed by atoms with Crippen molar-refractivity contribution in [2.24, 2.45) is 7.05 Å². The first kappa shape index (κ1) is 17.4. The number of benzene rings is 1. The highest BCUT2D eigenvalue weighted by Gasteiger charge is 2.35. The van der Waals surface area contributed by atoms with Crippen molar-refractivity contribution in [3.05, 3.63) is 47.8 Å². The molecule has 0 amide bonds. The maximum absolute atomic E-state index is 9.13. The van der Waals surface area contributed by atoms with Crippen LogP contribution < -0.4 is 9.64 Å². The Morgan fingerprint density at radius 1 is 1.24 bits per heavy atom. The van der Waals surface area contributed by atoms with Crippen LogP contribution in [0.25, 0.3) is 0 Å². The zero-order valence-corrected chi connectivity index (χ0v) is 15.5. The van der Waals surface area contributed by atoms with Crippen LogP contribution >= 0.6 is 0 Å². The number of methoxy groups -OCH3 is 1. The van der Waals surface area contributed by atoms with Crippen molar-refractivity contribution in [1.29, 1.82) is 5.26 Å². The van der Waals surface area contributed by atoms with Crippen molar-refractivity contribution < 1.29 is 4.74 Å².